The molecule has 0 spiro atoms. The molecule has 0 aliphatic carbocycles. The number of fused-ring (bicyclic) bond motifs is 1. The third kappa shape index (κ3) is 1.45. The molecule has 3 rings (SSSR count). The van der Waals surface area contributed by atoms with Gasteiger partial charge in [0.1, 0.15) is 11.5 Å². The molecule has 0 aliphatic heterocycles. The Hall–Kier alpha value is -2.36. The van der Waals surface area contributed by atoms with Crippen molar-refractivity contribution in [2.24, 2.45) is 0 Å². The molecular formula is C13H10N2O2. The van der Waals surface area contributed by atoms with Crippen LogP contribution in [0.15, 0.2) is 40.9 Å². The molecule has 17 heavy (non-hydrogen) atoms. The summed E-state index contributed by atoms with van der Waals surface area (Å²) in [5.41, 5.74) is 1.21. The first-order valence-corrected chi connectivity index (χ1v) is 5.28. The van der Waals surface area contributed by atoms with E-state index in [0.29, 0.717) is 17.3 Å². The maximum atomic E-state index is 11.0. The first-order valence-electron chi connectivity index (χ1n) is 5.28. The van der Waals surface area contributed by atoms with Gasteiger partial charge in [-0.25, -0.2) is 4.98 Å². The smallest absolute Gasteiger partial charge is 0.181 e. The summed E-state index contributed by atoms with van der Waals surface area (Å²) >= 11 is 0. The molecule has 4 nitrogen and oxygen atoms in total. The van der Waals surface area contributed by atoms with Crippen molar-refractivity contribution in [1.29, 1.82) is 0 Å². The number of pyridine rings is 1. The Morgan fingerprint density at radius 3 is 2.88 bits per heavy atom. The second-order valence-corrected chi connectivity index (χ2v) is 3.80. The normalized spacial score (nSPS) is 10.9. The quantitative estimate of drug-likeness (QED) is 0.631. The van der Waals surface area contributed by atoms with Crippen LogP contribution < -0.4 is 0 Å². The second-order valence-electron chi connectivity index (χ2n) is 3.80. The van der Waals surface area contributed by atoms with Gasteiger partial charge in [0.25, 0.3) is 0 Å². The van der Waals surface area contributed by atoms with Gasteiger partial charge in [0.05, 0.1) is 5.52 Å². The minimum atomic E-state index is 0.426. The molecule has 0 radical (unpaired) electrons. The summed E-state index contributed by atoms with van der Waals surface area (Å²) < 4.78 is 7.39. The van der Waals surface area contributed by atoms with Crippen LogP contribution in [0.5, 0.6) is 0 Å². The first kappa shape index (κ1) is 9.84. The van der Waals surface area contributed by atoms with Crippen LogP contribution in [-0.2, 0) is 0 Å². The fourth-order valence-electron chi connectivity index (χ4n) is 1.88. The summed E-state index contributed by atoms with van der Waals surface area (Å²) in [4.78, 5) is 15.3. The Labute approximate surface area is 97.5 Å². The zero-order valence-electron chi connectivity index (χ0n) is 9.25. The van der Waals surface area contributed by atoms with Gasteiger partial charge in [0.2, 0.25) is 0 Å². The van der Waals surface area contributed by atoms with E-state index >= 15 is 0 Å². The van der Waals surface area contributed by atoms with E-state index in [0.717, 1.165) is 17.6 Å². The number of furan rings is 1. The Morgan fingerprint density at radius 2 is 2.18 bits per heavy atom. The zero-order valence-corrected chi connectivity index (χ0v) is 9.25. The topological polar surface area (TPSA) is 47.5 Å². The highest BCUT2D eigenvalue weighted by atomic mass is 16.3. The Kier molecular flexibility index (Phi) is 2.08. The van der Waals surface area contributed by atoms with Crippen LogP contribution >= 0.6 is 0 Å². The summed E-state index contributed by atoms with van der Waals surface area (Å²) in [6.07, 6.45) is 2.62. The molecule has 3 aromatic rings. The minimum Gasteiger partial charge on any atom is -0.458 e. The number of nitrogens with zero attached hydrogens (tertiary/aromatic N) is 2. The van der Waals surface area contributed by atoms with Crippen LogP contribution in [0.25, 0.3) is 17.1 Å². The van der Waals surface area contributed by atoms with Gasteiger partial charge in [-0.2, -0.15) is 0 Å². The molecule has 0 unspecified atom stereocenters. The van der Waals surface area contributed by atoms with E-state index in [1.807, 2.05) is 47.9 Å². The molecule has 4 heteroatoms. The third-order valence-corrected chi connectivity index (χ3v) is 2.65. The third-order valence-electron chi connectivity index (χ3n) is 2.65. The largest absolute Gasteiger partial charge is 0.458 e. The van der Waals surface area contributed by atoms with Gasteiger partial charge in [-0.3, -0.25) is 9.20 Å². The lowest BCUT2D eigenvalue weighted by Crippen LogP contribution is -1.86. The van der Waals surface area contributed by atoms with Gasteiger partial charge >= 0.3 is 0 Å². The number of carbonyl (C=O) groups is 1. The van der Waals surface area contributed by atoms with Crippen molar-refractivity contribution < 1.29 is 9.21 Å². The number of carbonyl (C=O) groups excluding carboxylic acids is 1. The van der Waals surface area contributed by atoms with Crippen molar-refractivity contribution in [3.63, 3.8) is 0 Å². The molecule has 0 aromatic carbocycles. The van der Waals surface area contributed by atoms with Gasteiger partial charge in [0.15, 0.2) is 17.9 Å². The summed E-state index contributed by atoms with van der Waals surface area (Å²) in [7, 11) is 0. The SMILES string of the molecule is Cc1ccc(-c2nc(C=O)c3ccccn23)o1. The summed E-state index contributed by atoms with van der Waals surface area (Å²) in [6, 6.07) is 9.35. The average Bonchev–Trinajstić information content (AvgIpc) is 2.92. The molecule has 84 valence electrons. The van der Waals surface area contributed by atoms with Crippen molar-refractivity contribution in [2.45, 2.75) is 6.92 Å². The van der Waals surface area contributed by atoms with Crippen LogP contribution in [0.4, 0.5) is 0 Å². The second kappa shape index (κ2) is 3.59. The highest BCUT2D eigenvalue weighted by Gasteiger charge is 2.13. The average molecular weight is 226 g/mol. The number of aromatic nitrogens is 2. The van der Waals surface area contributed by atoms with E-state index in [1.54, 1.807) is 0 Å². The van der Waals surface area contributed by atoms with Crippen molar-refractivity contribution in [1.82, 2.24) is 9.38 Å². The van der Waals surface area contributed by atoms with Gasteiger partial charge in [0, 0.05) is 6.20 Å². The summed E-state index contributed by atoms with van der Waals surface area (Å²) in [5, 5.41) is 0. The molecular weight excluding hydrogens is 216 g/mol. The standard InChI is InChI=1S/C13H10N2O2/c1-9-5-6-12(17-9)13-14-10(8-16)11-4-2-3-7-15(11)13/h2-8H,1H3. The van der Waals surface area contributed by atoms with Gasteiger partial charge < -0.3 is 4.42 Å². The minimum absolute atomic E-state index is 0.426. The maximum absolute atomic E-state index is 11.0. The summed E-state index contributed by atoms with van der Waals surface area (Å²) in [5.74, 6) is 2.13. The molecule has 3 heterocycles. The van der Waals surface area contributed by atoms with E-state index in [2.05, 4.69) is 4.98 Å². The van der Waals surface area contributed by atoms with Crippen LogP contribution in [0.3, 0.4) is 0 Å². The van der Waals surface area contributed by atoms with Gasteiger partial charge in [-0.05, 0) is 31.2 Å². The Morgan fingerprint density at radius 1 is 1.29 bits per heavy atom. The lowest BCUT2D eigenvalue weighted by molar-refractivity contribution is 0.112. The highest BCUT2D eigenvalue weighted by molar-refractivity contribution is 5.85. The fraction of sp³-hybridized carbons (Fsp3) is 0.0769. The zero-order chi connectivity index (χ0) is 11.8. The number of hydrogen-bond donors (Lipinski definition) is 0. The molecule has 0 saturated carbocycles. The van der Waals surface area contributed by atoms with E-state index in [-0.39, 0.29) is 0 Å². The predicted octanol–water partition coefficient (Wildman–Crippen LogP) is 2.72. The van der Waals surface area contributed by atoms with Crippen molar-refractivity contribution >= 4 is 11.8 Å². The van der Waals surface area contributed by atoms with E-state index < -0.39 is 0 Å². The number of rotatable bonds is 2. The van der Waals surface area contributed by atoms with E-state index in [9.17, 15) is 4.79 Å². The van der Waals surface area contributed by atoms with Crippen LogP contribution in [0.2, 0.25) is 0 Å². The van der Waals surface area contributed by atoms with Gasteiger partial charge in [-0.1, -0.05) is 6.07 Å². The van der Waals surface area contributed by atoms with Crippen LogP contribution in [0.1, 0.15) is 16.2 Å². The van der Waals surface area contributed by atoms with E-state index in [1.165, 1.54) is 0 Å². The Balaban J connectivity index is 2.33. The molecule has 0 N–H and O–H groups in total. The lowest BCUT2D eigenvalue weighted by atomic mass is 10.3. The fourth-order valence-corrected chi connectivity index (χ4v) is 1.88. The van der Waals surface area contributed by atoms with Crippen molar-refractivity contribution in [3.05, 3.63) is 48.0 Å². The Bertz CT molecular complexity index is 694. The monoisotopic (exact) mass is 226 g/mol. The number of aldehydes is 1. The molecule has 0 bridgehead atoms. The molecule has 0 aliphatic rings. The molecule has 0 amide bonds. The molecule has 0 saturated heterocycles. The van der Waals surface area contributed by atoms with Crippen LogP contribution in [-0.4, -0.2) is 15.7 Å². The van der Waals surface area contributed by atoms with Gasteiger partial charge in [-0.15, -0.1) is 0 Å². The maximum Gasteiger partial charge on any atom is 0.181 e. The highest BCUT2D eigenvalue weighted by Crippen LogP contribution is 2.23. The predicted molar refractivity (Wildman–Crippen MR) is 63.0 cm³/mol. The summed E-state index contributed by atoms with van der Waals surface area (Å²) in [6.45, 7) is 1.87. The van der Waals surface area contributed by atoms with Crippen molar-refractivity contribution in [2.75, 3.05) is 0 Å². The number of hydrogen-bond acceptors (Lipinski definition) is 3. The van der Waals surface area contributed by atoms with E-state index in [4.69, 9.17) is 4.42 Å². The van der Waals surface area contributed by atoms with Crippen LogP contribution in [0, 0.1) is 6.92 Å². The molecule has 0 fully saturated rings. The van der Waals surface area contributed by atoms with Crippen molar-refractivity contribution in [3.8, 4) is 11.6 Å². The first-order chi connectivity index (χ1) is 8.29. The molecule has 0 atom stereocenters. The number of imidazole rings is 1. The number of aryl methyl sites for hydroxylation is 1. The molecule has 3 aromatic heterocycles. The lowest BCUT2D eigenvalue weighted by Gasteiger charge is -1.96.